The van der Waals surface area contributed by atoms with E-state index in [0.717, 1.165) is 16.7 Å². The van der Waals surface area contributed by atoms with E-state index >= 15 is 0 Å². The molecule has 2 aromatic carbocycles. The van der Waals surface area contributed by atoms with Crippen molar-refractivity contribution in [3.05, 3.63) is 58.7 Å². The molecule has 0 unspecified atom stereocenters. The largest absolute Gasteiger partial charge is 0.507 e. The molecule has 142 valence electrons. The van der Waals surface area contributed by atoms with Crippen LogP contribution < -0.4 is 0 Å². The Hall–Kier alpha value is -1.81. The van der Waals surface area contributed by atoms with E-state index in [9.17, 15) is 13.5 Å². The Kier molecular flexibility index (Phi) is 5.31. The lowest BCUT2D eigenvalue weighted by Crippen LogP contribution is -2.18. The monoisotopic (exact) mass is 374 g/mol. The zero-order valence-corrected chi connectivity index (χ0v) is 17.7. The molecule has 0 aliphatic rings. The number of aryl methyl sites for hydroxylation is 1. The first-order chi connectivity index (χ1) is 11.7. The van der Waals surface area contributed by atoms with Crippen molar-refractivity contribution < 1.29 is 13.5 Å². The van der Waals surface area contributed by atoms with Crippen molar-refractivity contribution in [3.8, 4) is 5.75 Å². The molecule has 0 heterocycles. The number of phenols is 1. The molecule has 0 radical (unpaired) electrons. The molecule has 0 saturated carbocycles. The Morgan fingerprint density at radius 2 is 1.27 bits per heavy atom. The van der Waals surface area contributed by atoms with Gasteiger partial charge in [-0.15, -0.1) is 0 Å². The molecular weight excluding hydrogens is 344 g/mol. The van der Waals surface area contributed by atoms with Gasteiger partial charge in [-0.2, -0.15) is 0 Å². The van der Waals surface area contributed by atoms with Crippen LogP contribution in [-0.2, 0) is 26.4 Å². The van der Waals surface area contributed by atoms with E-state index in [1.54, 1.807) is 12.1 Å². The van der Waals surface area contributed by atoms with Gasteiger partial charge < -0.3 is 5.11 Å². The van der Waals surface area contributed by atoms with Gasteiger partial charge >= 0.3 is 0 Å². The van der Waals surface area contributed by atoms with Crippen LogP contribution >= 0.6 is 0 Å². The zero-order valence-electron chi connectivity index (χ0n) is 16.8. The summed E-state index contributed by atoms with van der Waals surface area (Å²) in [6, 6.07) is 10.6. The Bertz CT molecular complexity index is 859. The zero-order chi connectivity index (χ0) is 19.9. The van der Waals surface area contributed by atoms with Gasteiger partial charge in [0.05, 0.1) is 10.6 Å². The minimum absolute atomic E-state index is 0.0809. The summed E-state index contributed by atoms with van der Waals surface area (Å²) >= 11 is 0. The topological polar surface area (TPSA) is 54.4 Å². The quantitative estimate of drug-likeness (QED) is 0.796. The van der Waals surface area contributed by atoms with E-state index in [-0.39, 0.29) is 22.3 Å². The molecule has 0 fully saturated rings. The van der Waals surface area contributed by atoms with E-state index in [1.807, 2.05) is 72.7 Å². The summed E-state index contributed by atoms with van der Waals surface area (Å²) in [5.74, 6) is 0.184. The molecule has 0 aliphatic carbocycles. The minimum Gasteiger partial charge on any atom is -0.507 e. The molecule has 0 spiro atoms. The van der Waals surface area contributed by atoms with E-state index < -0.39 is 9.84 Å². The highest BCUT2D eigenvalue weighted by Crippen LogP contribution is 2.40. The molecule has 2 aromatic rings. The lowest BCUT2D eigenvalue weighted by atomic mass is 9.78. The van der Waals surface area contributed by atoms with Crippen molar-refractivity contribution in [1.82, 2.24) is 0 Å². The maximum absolute atomic E-state index is 12.9. The molecule has 0 aliphatic heterocycles. The molecule has 0 saturated heterocycles. The highest BCUT2D eigenvalue weighted by molar-refractivity contribution is 7.90. The summed E-state index contributed by atoms with van der Waals surface area (Å²) in [5, 5.41) is 10.8. The van der Waals surface area contributed by atoms with Crippen molar-refractivity contribution >= 4 is 9.84 Å². The second kappa shape index (κ2) is 6.73. The number of aromatic hydroxyl groups is 1. The fraction of sp³-hybridized carbons (Fsp3) is 0.455. The Morgan fingerprint density at radius 3 is 1.65 bits per heavy atom. The maximum atomic E-state index is 12.9. The minimum atomic E-state index is -3.45. The van der Waals surface area contributed by atoms with E-state index in [1.165, 1.54) is 0 Å². The predicted molar refractivity (Wildman–Crippen MR) is 108 cm³/mol. The van der Waals surface area contributed by atoms with E-state index in [2.05, 4.69) is 0 Å². The van der Waals surface area contributed by atoms with Gasteiger partial charge in [0.2, 0.25) is 0 Å². The van der Waals surface area contributed by atoms with Crippen LogP contribution in [0.1, 0.15) is 63.8 Å². The lowest BCUT2D eigenvalue weighted by molar-refractivity contribution is 0.423. The fourth-order valence-electron chi connectivity index (χ4n) is 2.97. The van der Waals surface area contributed by atoms with Crippen molar-refractivity contribution in [1.29, 1.82) is 0 Å². The van der Waals surface area contributed by atoms with Gasteiger partial charge in [-0.3, -0.25) is 0 Å². The maximum Gasteiger partial charge on any atom is 0.182 e. The summed E-state index contributed by atoms with van der Waals surface area (Å²) in [7, 11) is -3.45. The fourth-order valence-corrected chi connectivity index (χ4v) is 4.29. The average Bonchev–Trinajstić information content (AvgIpc) is 2.46. The van der Waals surface area contributed by atoms with Crippen LogP contribution in [0.5, 0.6) is 5.75 Å². The van der Waals surface area contributed by atoms with Crippen LogP contribution in [0, 0.1) is 6.92 Å². The number of hydrogen-bond donors (Lipinski definition) is 1. The molecule has 0 atom stereocenters. The molecule has 1 N–H and O–H groups in total. The summed E-state index contributed by atoms with van der Waals surface area (Å²) in [6.07, 6.45) is 0. The number of phenolic OH excluding ortho intramolecular Hbond substituents is 1. The number of sulfone groups is 1. The van der Waals surface area contributed by atoms with Crippen molar-refractivity contribution in [3.63, 3.8) is 0 Å². The summed E-state index contributed by atoms with van der Waals surface area (Å²) in [6.45, 7) is 14.1. The first kappa shape index (κ1) is 20.5. The van der Waals surface area contributed by atoms with Gasteiger partial charge in [-0.05, 0) is 46.6 Å². The van der Waals surface area contributed by atoms with Gasteiger partial charge in [0.25, 0.3) is 0 Å². The molecule has 3 nitrogen and oxygen atoms in total. The van der Waals surface area contributed by atoms with E-state index in [4.69, 9.17) is 0 Å². The van der Waals surface area contributed by atoms with Crippen molar-refractivity contribution in [2.45, 2.75) is 69.9 Å². The molecule has 26 heavy (non-hydrogen) atoms. The van der Waals surface area contributed by atoms with Gasteiger partial charge in [0.15, 0.2) is 9.84 Å². The summed E-state index contributed by atoms with van der Waals surface area (Å²) in [4.78, 5) is 0.325. The van der Waals surface area contributed by atoms with Crippen molar-refractivity contribution in [2.75, 3.05) is 0 Å². The Morgan fingerprint density at radius 1 is 0.846 bits per heavy atom. The summed E-state index contributed by atoms with van der Waals surface area (Å²) in [5.41, 5.74) is 2.72. The number of rotatable bonds is 3. The third-order valence-corrected chi connectivity index (χ3v) is 6.23. The van der Waals surface area contributed by atoms with Crippen LogP contribution in [0.2, 0.25) is 0 Å². The van der Waals surface area contributed by atoms with Gasteiger partial charge in [0, 0.05) is 0 Å². The molecule has 4 heteroatoms. The number of benzene rings is 2. The molecule has 0 aromatic heterocycles. The molecule has 2 rings (SSSR count). The Balaban J connectivity index is 2.57. The van der Waals surface area contributed by atoms with E-state index in [0.29, 0.717) is 10.5 Å². The second-order valence-corrected chi connectivity index (χ2v) is 11.1. The second-order valence-electron chi connectivity index (χ2n) is 9.11. The summed E-state index contributed by atoms with van der Waals surface area (Å²) < 4.78 is 25.7. The highest BCUT2D eigenvalue weighted by atomic mass is 32.2. The van der Waals surface area contributed by atoms with Gasteiger partial charge in [0.1, 0.15) is 5.75 Å². The normalized spacial score (nSPS) is 13.0. The number of hydrogen-bond acceptors (Lipinski definition) is 3. The van der Waals surface area contributed by atoms with Gasteiger partial charge in [-0.1, -0.05) is 71.4 Å². The third-order valence-electron chi connectivity index (χ3n) is 4.52. The highest BCUT2D eigenvalue weighted by Gasteiger charge is 2.27. The molecule has 0 amide bonds. The van der Waals surface area contributed by atoms with Gasteiger partial charge in [-0.25, -0.2) is 8.42 Å². The van der Waals surface area contributed by atoms with Crippen LogP contribution in [-0.4, -0.2) is 13.5 Å². The SMILES string of the molecule is Cc1ccc(S(=O)(=O)Cc2cc(C(C)(C)C)c(O)c(C(C)(C)C)c2)cc1. The molecule has 0 bridgehead atoms. The average molecular weight is 375 g/mol. The molecular formula is C22H30O3S. The first-order valence-electron chi connectivity index (χ1n) is 8.88. The van der Waals surface area contributed by atoms with Crippen LogP contribution in [0.15, 0.2) is 41.3 Å². The van der Waals surface area contributed by atoms with Crippen molar-refractivity contribution in [2.24, 2.45) is 0 Å². The first-order valence-corrected chi connectivity index (χ1v) is 10.5. The Labute approximate surface area is 158 Å². The van der Waals surface area contributed by atoms with Crippen LogP contribution in [0.4, 0.5) is 0 Å². The smallest absolute Gasteiger partial charge is 0.182 e. The van der Waals surface area contributed by atoms with Crippen LogP contribution in [0.25, 0.3) is 0 Å². The standard InChI is InChI=1S/C22H30O3S/c1-15-8-10-17(11-9-15)26(24,25)14-16-12-18(21(2,3)4)20(23)19(13-16)22(5,6)7/h8-13,23H,14H2,1-7H3. The van der Waals surface area contributed by atoms with Crippen LogP contribution in [0.3, 0.4) is 0 Å². The lowest BCUT2D eigenvalue weighted by Gasteiger charge is -2.28. The third kappa shape index (κ3) is 4.47. The predicted octanol–water partition coefficient (Wildman–Crippen LogP) is 5.27.